The van der Waals surface area contributed by atoms with E-state index in [1.165, 1.54) is 53.9 Å². The number of nitrogens with zero attached hydrogens (tertiary/aromatic N) is 6. The Morgan fingerprint density at radius 1 is 0.791 bits per heavy atom. The Hall–Kier alpha value is -2.47. The summed E-state index contributed by atoms with van der Waals surface area (Å²) in [5.74, 6) is -0.275. The number of hydrogen-bond donors (Lipinski definition) is 3. The van der Waals surface area contributed by atoms with E-state index in [2.05, 4.69) is 64.8 Å². The number of aliphatic hydroxyl groups excluding tert-OH is 1. The summed E-state index contributed by atoms with van der Waals surface area (Å²) in [6.45, 7) is 15.5. The molecule has 2 aromatic heterocycles. The van der Waals surface area contributed by atoms with Crippen LogP contribution in [0.5, 0.6) is 0 Å². The molecule has 2 aliphatic carbocycles. The van der Waals surface area contributed by atoms with E-state index in [0.29, 0.717) is 31.3 Å². The van der Waals surface area contributed by atoms with Crippen LogP contribution in [0.25, 0.3) is 0 Å². The molecule has 8 rings (SSSR count). The van der Waals surface area contributed by atoms with Crippen LogP contribution in [0.2, 0.25) is 0 Å². The zero-order valence-corrected chi connectivity index (χ0v) is 42.2. The van der Waals surface area contributed by atoms with Gasteiger partial charge in [-0.1, -0.05) is 82.1 Å². The molecule has 3 N–H and O–H groups in total. The van der Waals surface area contributed by atoms with E-state index in [0.717, 1.165) is 19.3 Å². The molecule has 2 aromatic rings. The van der Waals surface area contributed by atoms with Crippen LogP contribution in [0.3, 0.4) is 0 Å². The lowest BCUT2D eigenvalue weighted by atomic mass is 9.82. The number of nitrogens with one attached hydrogen (secondary N) is 2. The Bertz CT molecular complexity index is 2070. The van der Waals surface area contributed by atoms with E-state index in [1.807, 2.05) is 6.92 Å². The largest absolute Gasteiger partial charge is 0.390 e. The van der Waals surface area contributed by atoms with Gasteiger partial charge in [-0.3, -0.25) is 18.7 Å². The Morgan fingerprint density at radius 2 is 1.25 bits per heavy atom. The Labute approximate surface area is 405 Å². The third kappa shape index (κ3) is 13.5. The number of aromatic nitrogens is 4. The molecule has 2 saturated carbocycles. The van der Waals surface area contributed by atoms with Gasteiger partial charge < -0.3 is 38.8 Å². The average molecular weight is 1000 g/mol. The molecule has 67 heavy (non-hydrogen) atoms. The maximum atomic E-state index is 12.6. The van der Waals surface area contributed by atoms with Crippen LogP contribution in [0, 0.1) is 11.8 Å². The molecule has 18 nitrogen and oxygen atoms in total. The lowest BCUT2D eigenvalue weighted by Crippen LogP contribution is -2.43. The van der Waals surface area contributed by atoms with Gasteiger partial charge in [-0.15, -0.1) is 0 Å². The van der Waals surface area contributed by atoms with Crippen molar-refractivity contribution in [2.24, 2.45) is 11.8 Å². The minimum Gasteiger partial charge on any atom is -0.390 e. The molecule has 12 atom stereocenters. The Morgan fingerprint density at radius 3 is 1.69 bits per heavy atom. The van der Waals surface area contributed by atoms with Crippen LogP contribution in [0.15, 0.2) is 34.1 Å². The van der Waals surface area contributed by atoms with Gasteiger partial charge in [0, 0.05) is 49.2 Å². The number of likely N-dealkylation sites (N-methyl/N-ethyl adjacent to an activating group) is 2. The van der Waals surface area contributed by atoms with Gasteiger partial charge in [0.25, 0.3) is 8.53 Å². The molecule has 2 amide bonds. The summed E-state index contributed by atoms with van der Waals surface area (Å²) >= 11 is 6.10. The number of carbonyl (C=O) groups is 2. The number of ether oxygens (including phenoxy) is 2. The number of halogens is 1. The number of aliphatic hydroxyl groups is 1. The summed E-state index contributed by atoms with van der Waals surface area (Å²) in [4.78, 5) is 56.0. The summed E-state index contributed by atoms with van der Waals surface area (Å²) in [5.41, 5.74) is -1.05. The van der Waals surface area contributed by atoms with Crippen molar-refractivity contribution in [1.29, 1.82) is 0 Å². The first-order valence-corrected chi connectivity index (χ1v) is 26.6. The summed E-state index contributed by atoms with van der Waals surface area (Å²) in [7, 11) is 2.20. The second kappa shape index (κ2) is 24.6. The first-order chi connectivity index (χ1) is 30.8. The van der Waals surface area contributed by atoms with Crippen molar-refractivity contribution in [2.45, 2.75) is 207 Å². The van der Waals surface area contributed by atoms with Gasteiger partial charge in [0.2, 0.25) is 19.5 Å². The standard InChI is InChI=1S/C22H35N4O5P.C14H21N3O4.C8H15ClNOP.2CH4/c1-6-15-16(30-32-25(5)17-9-7-8-11-22(17,4)31-32)13-19(29-15)26-12-10-18(24-21(26)28)23-20(27)14(2)3;1-4-10-9(18)7-12(21-10)17-6-5-11(16-14(17)20)15-13(19)8(2)3;1-8-6-4-3-5-7(8)10(2)12(9)11-8;;/h10,12,14-17,19H,6-9,11,13H2,1-5H3,(H,23,24,27,28);5-6,8-10,12,18H,4,7H2,1-3H3,(H,15,16,19,20);7H,3-6H2,1-2H3;2*1H4/t15-,16?,17+,19-,22+,32?;9?,10-,12-;7-,8-,12?;;/m110../s1. The minimum atomic E-state index is -1.16. The van der Waals surface area contributed by atoms with Crippen molar-refractivity contribution < 1.29 is 37.7 Å². The molecule has 0 bridgehead atoms. The highest BCUT2D eigenvalue weighted by Crippen LogP contribution is 2.62. The second-order valence-electron chi connectivity index (χ2n) is 19.0. The van der Waals surface area contributed by atoms with Crippen LogP contribution in [-0.4, -0.2) is 107 Å². The molecular weight excluding hydrogens is 922 g/mol. The van der Waals surface area contributed by atoms with Crippen molar-refractivity contribution in [3.63, 3.8) is 0 Å². The quantitative estimate of drug-likeness (QED) is 0.190. The molecule has 6 aliphatic rings. The average Bonchev–Trinajstić information content (AvgIpc) is 3.98. The molecule has 4 aliphatic heterocycles. The molecule has 0 spiro atoms. The van der Waals surface area contributed by atoms with Gasteiger partial charge in [0.1, 0.15) is 24.1 Å². The maximum Gasteiger partial charge on any atom is 0.351 e. The van der Waals surface area contributed by atoms with Crippen LogP contribution in [0.1, 0.15) is 160 Å². The SMILES string of the molecule is C.C.CC[C@H]1O[C@@H](n2ccc(NC(=O)C(C)C)nc2=O)CC1O.CC[C@H]1O[C@@H](n2ccc(NC(=O)C(C)C)nc2=O)CC1OP1O[C@@]2(C)CCCC[C@@H]2N1C.CN1[C@H]2CCCC[C@]2(C)OP1Cl. The molecule has 6 fully saturated rings. The van der Waals surface area contributed by atoms with Crippen molar-refractivity contribution in [2.75, 3.05) is 24.7 Å². The predicted octanol–water partition coefficient (Wildman–Crippen LogP) is 9.09. The summed E-state index contributed by atoms with van der Waals surface area (Å²) in [6.07, 6.45) is 13.1. The molecule has 4 saturated heterocycles. The number of amides is 2. The Kier molecular flexibility index (Phi) is 21.0. The molecule has 380 valence electrons. The van der Waals surface area contributed by atoms with Gasteiger partial charge >= 0.3 is 11.4 Å². The molecule has 6 heterocycles. The van der Waals surface area contributed by atoms with Crippen LogP contribution < -0.4 is 22.0 Å². The monoisotopic (exact) mass is 1000 g/mol. The van der Waals surface area contributed by atoms with Crippen molar-refractivity contribution in [3.8, 4) is 0 Å². The van der Waals surface area contributed by atoms with Crippen LogP contribution in [-0.2, 0) is 32.6 Å². The smallest absolute Gasteiger partial charge is 0.351 e. The highest BCUT2D eigenvalue weighted by atomic mass is 35.7. The van der Waals surface area contributed by atoms with Gasteiger partial charge in [-0.2, -0.15) is 9.97 Å². The summed E-state index contributed by atoms with van der Waals surface area (Å²) in [6, 6.07) is 4.14. The van der Waals surface area contributed by atoms with Gasteiger partial charge in [0.15, 0.2) is 0 Å². The molecular formula is C46H79ClN8O10P2. The van der Waals surface area contributed by atoms with Crippen molar-refractivity contribution in [3.05, 3.63) is 45.5 Å². The van der Waals surface area contributed by atoms with Crippen molar-refractivity contribution >= 4 is 50.9 Å². The lowest BCUT2D eigenvalue weighted by Gasteiger charge is -2.35. The highest BCUT2D eigenvalue weighted by molar-refractivity contribution is 7.78. The third-order valence-corrected chi connectivity index (χ3v) is 17.5. The van der Waals surface area contributed by atoms with Gasteiger partial charge in [-0.25, -0.2) is 18.9 Å². The lowest BCUT2D eigenvalue weighted by molar-refractivity contribution is -0.119. The zero-order valence-electron chi connectivity index (χ0n) is 39.6. The second-order valence-corrected chi connectivity index (χ2v) is 22.6. The van der Waals surface area contributed by atoms with Gasteiger partial charge in [-0.05, 0) is 89.8 Å². The first kappa shape index (κ1) is 57.1. The Balaban J connectivity index is 0.000000240. The number of carbonyl (C=O) groups excluding carboxylic acids is 2. The van der Waals surface area contributed by atoms with E-state index >= 15 is 0 Å². The van der Waals surface area contributed by atoms with Crippen molar-refractivity contribution in [1.82, 2.24) is 28.4 Å². The molecule has 0 aromatic carbocycles. The molecule has 4 unspecified atom stereocenters. The van der Waals surface area contributed by atoms with E-state index in [4.69, 9.17) is 34.3 Å². The topological polar surface area (TPSA) is 201 Å². The number of hydrogen-bond acceptors (Lipinski definition) is 14. The first-order valence-electron chi connectivity index (χ1n) is 23.3. The van der Waals surface area contributed by atoms with Crippen LogP contribution in [0.4, 0.5) is 11.6 Å². The maximum absolute atomic E-state index is 12.6. The van der Waals surface area contributed by atoms with Crippen LogP contribution >= 0.6 is 27.4 Å². The highest BCUT2D eigenvalue weighted by Gasteiger charge is 2.53. The fraction of sp³-hybridized carbons (Fsp3) is 0.783. The normalized spacial score (nSPS) is 33.6. The summed E-state index contributed by atoms with van der Waals surface area (Å²) in [5, 5.41) is 15.1. The van der Waals surface area contributed by atoms with Gasteiger partial charge in [0.05, 0.1) is 35.6 Å². The third-order valence-electron chi connectivity index (χ3n) is 13.4. The number of anilines is 2. The van der Waals surface area contributed by atoms with E-state index in [-0.39, 0.29) is 79.7 Å². The molecule has 0 radical (unpaired) electrons. The zero-order chi connectivity index (χ0) is 47.4. The van der Waals surface area contributed by atoms with E-state index < -0.39 is 46.1 Å². The fourth-order valence-electron chi connectivity index (χ4n) is 9.41. The molecule has 21 heteroatoms. The predicted molar refractivity (Wildman–Crippen MR) is 265 cm³/mol. The van der Waals surface area contributed by atoms with E-state index in [1.54, 1.807) is 46.0 Å². The number of fused-ring (bicyclic) bond motifs is 2. The minimum absolute atomic E-state index is 0. The van der Waals surface area contributed by atoms with E-state index in [9.17, 15) is 24.3 Å². The fourth-order valence-corrected chi connectivity index (χ4v) is 13.4. The number of rotatable bonds is 10. The summed E-state index contributed by atoms with van der Waals surface area (Å²) < 4.78 is 37.9.